The third-order valence-electron chi connectivity index (χ3n) is 3.28. The largest absolute Gasteiger partial charge is 0.508 e. The van der Waals surface area contributed by atoms with Gasteiger partial charge in [0.1, 0.15) is 11.6 Å². The molecule has 0 spiro atoms. The van der Waals surface area contributed by atoms with Crippen LogP contribution in [0.2, 0.25) is 0 Å². The minimum atomic E-state index is -0.398. The number of benzene rings is 1. The van der Waals surface area contributed by atoms with Crippen molar-refractivity contribution in [2.24, 2.45) is 5.92 Å². The highest BCUT2D eigenvalue weighted by molar-refractivity contribution is 5.29. The van der Waals surface area contributed by atoms with Gasteiger partial charge in [0.25, 0.3) is 0 Å². The highest BCUT2D eigenvalue weighted by Gasteiger charge is 2.13. The lowest BCUT2D eigenvalue weighted by Gasteiger charge is -2.19. The average Bonchev–Trinajstić information content (AvgIpc) is 2.34. The number of aliphatic hydroxyl groups is 1. The third kappa shape index (κ3) is 4.27. The van der Waals surface area contributed by atoms with Gasteiger partial charge in [-0.1, -0.05) is 19.4 Å². The Morgan fingerprint density at radius 1 is 1.39 bits per heavy atom. The summed E-state index contributed by atoms with van der Waals surface area (Å²) in [5.41, 5.74) is 0.548. The lowest BCUT2D eigenvalue weighted by atomic mass is 10.0. The van der Waals surface area contributed by atoms with Crippen molar-refractivity contribution in [3.05, 3.63) is 29.6 Å². The molecule has 18 heavy (non-hydrogen) atoms. The Hall–Kier alpha value is -1.13. The van der Waals surface area contributed by atoms with Crippen LogP contribution in [0.4, 0.5) is 4.39 Å². The first-order chi connectivity index (χ1) is 8.58. The van der Waals surface area contributed by atoms with Gasteiger partial charge in [0.05, 0.1) is 0 Å². The van der Waals surface area contributed by atoms with Gasteiger partial charge in [-0.2, -0.15) is 0 Å². The van der Waals surface area contributed by atoms with Crippen molar-refractivity contribution in [2.45, 2.75) is 32.7 Å². The molecule has 0 amide bonds. The Balaban J connectivity index is 2.56. The number of phenols is 1. The molecule has 0 saturated heterocycles. The number of phenolic OH excluding ortho intramolecular Hbond substituents is 1. The van der Waals surface area contributed by atoms with Gasteiger partial charge < -0.3 is 15.5 Å². The van der Waals surface area contributed by atoms with Crippen LogP contribution in [-0.4, -0.2) is 23.4 Å². The first-order valence-electron chi connectivity index (χ1n) is 6.41. The summed E-state index contributed by atoms with van der Waals surface area (Å²) in [4.78, 5) is 0. The van der Waals surface area contributed by atoms with Crippen LogP contribution in [0, 0.1) is 11.7 Å². The van der Waals surface area contributed by atoms with Gasteiger partial charge in [-0.25, -0.2) is 4.39 Å². The fraction of sp³-hybridized carbons (Fsp3) is 0.571. The highest BCUT2D eigenvalue weighted by Crippen LogP contribution is 2.21. The molecule has 102 valence electrons. The summed E-state index contributed by atoms with van der Waals surface area (Å²) >= 11 is 0. The second-order valence-electron chi connectivity index (χ2n) is 4.62. The van der Waals surface area contributed by atoms with E-state index in [1.165, 1.54) is 6.07 Å². The van der Waals surface area contributed by atoms with Crippen molar-refractivity contribution in [3.8, 4) is 5.75 Å². The average molecular weight is 255 g/mol. The second-order valence-corrected chi connectivity index (χ2v) is 4.62. The molecule has 0 radical (unpaired) electrons. The van der Waals surface area contributed by atoms with E-state index in [1.54, 1.807) is 6.07 Å². The van der Waals surface area contributed by atoms with Crippen molar-refractivity contribution in [1.82, 2.24) is 5.32 Å². The lowest BCUT2D eigenvalue weighted by Crippen LogP contribution is -2.26. The summed E-state index contributed by atoms with van der Waals surface area (Å²) in [5.74, 6) is -0.0574. The molecule has 3 nitrogen and oxygen atoms in total. The zero-order valence-corrected chi connectivity index (χ0v) is 11.0. The predicted molar refractivity (Wildman–Crippen MR) is 70.0 cm³/mol. The van der Waals surface area contributed by atoms with E-state index >= 15 is 0 Å². The molecule has 0 saturated carbocycles. The Labute approximate surface area is 108 Å². The van der Waals surface area contributed by atoms with Crippen LogP contribution >= 0.6 is 0 Å². The van der Waals surface area contributed by atoms with E-state index in [2.05, 4.69) is 12.2 Å². The van der Waals surface area contributed by atoms with Crippen LogP contribution in [0.15, 0.2) is 18.2 Å². The fourth-order valence-electron chi connectivity index (χ4n) is 1.95. The summed E-state index contributed by atoms with van der Waals surface area (Å²) in [6.45, 7) is 4.90. The molecule has 2 unspecified atom stereocenters. The number of rotatable bonds is 7. The summed E-state index contributed by atoms with van der Waals surface area (Å²) in [5, 5.41) is 21.3. The Bertz CT molecular complexity index is 371. The second kappa shape index (κ2) is 7.34. The van der Waals surface area contributed by atoms with E-state index in [1.807, 2.05) is 6.92 Å². The van der Waals surface area contributed by atoms with E-state index in [0.29, 0.717) is 11.5 Å². The van der Waals surface area contributed by atoms with Gasteiger partial charge in [-0.3, -0.25) is 0 Å². The summed E-state index contributed by atoms with van der Waals surface area (Å²) in [7, 11) is 0. The van der Waals surface area contributed by atoms with E-state index in [9.17, 15) is 4.39 Å². The van der Waals surface area contributed by atoms with E-state index in [4.69, 9.17) is 10.2 Å². The van der Waals surface area contributed by atoms with Crippen molar-refractivity contribution >= 4 is 0 Å². The normalized spacial score (nSPS) is 14.4. The van der Waals surface area contributed by atoms with Crippen LogP contribution in [0.1, 0.15) is 38.3 Å². The summed E-state index contributed by atoms with van der Waals surface area (Å²) in [6.07, 6.45) is 1.74. The molecule has 0 fully saturated rings. The molecule has 3 N–H and O–H groups in total. The van der Waals surface area contributed by atoms with Crippen LogP contribution in [0.3, 0.4) is 0 Å². The van der Waals surface area contributed by atoms with Crippen LogP contribution in [0.5, 0.6) is 5.75 Å². The molecule has 2 atom stereocenters. The van der Waals surface area contributed by atoms with Crippen molar-refractivity contribution < 1.29 is 14.6 Å². The maximum absolute atomic E-state index is 13.6. The number of aliphatic hydroxyl groups excluding tert-OH is 1. The van der Waals surface area contributed by atoms with Gasteiger partial charge in [-0.05, 0) is 31.9 Å². The van der Waals surface area contributed by atoms with E-state index in [-0.39, 0.29) is 18.4 Å². The smallest absolute Gasteiger partial charge is 0.131 e. The van der Waals surface area contributed by atoms with Gasteiger partial charge in [-0.15, -0.1) is 0 Å². The van der Waals surface area contributed by atoms with Crippen LogP contribution in [0.25, 0.3) is 0 Å². The minimum Gasteiger partial charge on any atom is -0.508 e. The maximum Gasteiger partial charge on any atom is 0.131 e. The fourth-order valence-corrected chi connectivity index (χ4v) is 1.95. The zero-order chi connectivity index (χ0) is 13.5. The molecular weight excluding hydrogens is 233 g/mol. The topological polar surface area (TPSA) is 52.5 Å². The summed E-state index contributed by atoms with van der Waals surface area (Å²) < 4.78 is 13.6. The standard InChI is InChI=1S/C14H22FNO2/c1-3-11(6-7-17)9-16-10(2)13-5-4-12(18)8-14(13)15/h4-5,8,10-11,16-18H,3,6-7,9H2,1-2H3. The third-order valence-corrected chi connectivity index (χ3v) is 3.28. The molecule has 0 aliphatic heterocycles. The maximum atomic E-state index is 13.6. The van der Waals surface area contributed by atoms with Crippen molar-refractivity contribution in [2.75, 3.05) is 13.2 Å². The molecule has 1 rings (SSSR count). The van der Waals surface area contributed by atoms with Gasteiger partial charge in [0.15, 0.2) is 0 Å². The zero-order valence-electron chi connectivity index (χ0n) is 11.0. The SMILES string of the molecule is CCC(CCO)CNC(C)c1ccc(O)cc1F. The molecule has 1 aromatic rings. The first-order valence-corrected chi connectivity index (χ1v) is 6.41. The molecule has 1 aromatic carbocycles. The van der Waals surface area contributed by atoms with E-state index < -0.39 is 5.82 Å². The molecule has 0 aliphatic rings. The Morgan fingerprint density at radius 2 is 2.11 bits per heavy atom. The van der Waals surface area contributed by atoms with E-state index in [0.717, 1.165) is 25.5 Å². The lowest BCUT2D eigenvalue weighted by molar-refractivity contribution is 0.249. The molecule has 0 aliphatic carbocycles. The monoisotopic (exact) mass is 255 g/mol. The van der Waals surface area contributed by atoms with Crippen molar-refractivity contribution in [3.63, 3.8) is 0 Å². The quantitative estimate of drug-likeness (QED) is 0.702. The number of hydrogen-bond donors (Lipinski definition) is 3. The van der Waals surface area contributed by atoms with Gasteiger partial charge in [0, 0.05) is 24.3 Å². The Morgan fingerprint density at radius 3 is 2.67 bits per heavy atom. The Kier molecular flexibility index (Phi) is 6.09. The number of aromatic hydroxyl groups is 1. The number of hydrogen-bond acceptors (Lipinski definition) is 3. The molecule has 0 bridgehead atoms. The van der Waals surface area contributed by atoms with Crippen LogP contribution in [-0.2, 0) is 0 Å². The van der Waals surface area contributed by atoms with Gasteiger partial charge >= 0.3 is 0 Å². The molecule has 0 heterocycles. The minimum absolute atomic E-state index is 0.0600. The predicted octanol–water partition coefficient (Wildman–Crippen LogP) is 2.59. The summed E-state index contributed by atoms with van der Waals surface area (Å²) in [6, 6.07) is 4.09. The first kappa shape index (κ1) is 14.9. The molecule has 0 aromatic heterocycles. The van der Waals surface area contributed by atoms with Crippen LogP contribution < -0.4 is 5.32 Å². The highest BCUT2D eigenvalue weighted by atomic mass is 19.1. The molecule has 4 heteroatoms. The number of halogens is 1. The number of nitrogens with one attached hydrogen (secondary N) is 1. The van der Waals surface area contributed by atoms with Gasteiger partial charge in [0.2, 0.25) is 0 Å². The molecular formula is C14H22FNO2. The van der Waals surface area contributed by atoms with Crippen molar-refractivity contribution in [1.29, 1.82) is 0 Å².